The third kappa shape index (κ3) is 1.97. The second-order valence-corrected chi connectivity index (χ2v) is 4.23. The van der Waals surface area contributed by atoms with Crippen LogP contribution in [0.2, 0.25) is 0 Å². The number of fused-ring (bicyclic) bond motifs is 1. The smallest absolute Gasteiger partial charge is 0.0996 e. The molecule has 2 aromatic rings. The van der Waals surface area contributed by atoms with Crippen LogP contribution in [0.25, 0.3) is 10.9 Å². The predicted molar refractivity (Wildman–Crippen MR) is 66.0 cm³/mol. The number of aliphatic hydroxyl groups excluding tert-OH is 1. The van der Waals surface area contributed by atoms with Crippen molar-refractivity contribution in [2.45, 2.75) is 12.1 Å². The molecule has 0 saturated carbocycles. The number of pyridine rings is 1. The molecule has 0 spiro atoms. The Hall–Kier alpha value is -1.65. The monoisotopic (exact) mass is 230 g/mol. The third-order valence-corrected chi connectivity index (χ3v) is 3.04. The Morgan fingerprint density at radius 1 is 1.24 bits per heavy atom. The van der Waals surface area contributed by atoms with Crippen molar-refractivity contribution < 1.29 is 9.84 Å². The number of hydrogen-bond donors (Lipinski definition) is 2. The van der Waals surface area contributed by atoms with E-state index in [4.69, 9.17) is 4.74 Å². The molecule has 1 aliphatic rings. The molecule has 0 bridgehead atoms. The summed E-state index contributed by atoms with van der Waals surface area (Å²) < 4.78 is 5.23. The first-order valence-corrected chi connectivity index (χ1v) is 5.71. The van der Waals surface area contributed by atoms with Crippen molar-refractivity contribution in [3.63, 3.8) is 0 Å². The molecule has 4 nitrogen and oxygen atoms in total. The molecule has 88 valence electrons. The van der Waals surface area contributed by atoms with Crippen LogP contribution in [-0.2, 0) is 4.74 Å². The van der Waals surface area contributed by atoms with Gasteiger partial charge in [-0.25, -0.2) is 0 Å². The van der Waals surface area contributed by atoms with Crippen molar-refractivity contribution in [2.75, 3.05) is 18.5 Å². The lowest BCUT2D eigenvalue weighted by atomic mass is 10.1. The van der Waals surface area contributed by atoms with Crippen molar-refractivity contribution in [2.24, 2.45) is 0 Å². The fourth-order valence-electron chi connectivity index (χ4n) is 2.11. The van der Waals surface area contributed by atoms with E-state index in [-0.39, 0.29) is 6.04 Å². The summed E-state index contributed by atoms with van der Waals surface area (Å²) in [6.45, 7) is 0.943. The molecule has 1 aromatic carbocycles. The topological polar surface area (TPSA) is 54.4 Å². The lowest BCUT2D eigenvalue weighted by molar-refractivity contribution is 0.125. The summed E-state index contributed by atoms with van der Waals surface area (Å²) in [6, 6.07) is 9.82. The van der Waals surface area contributed by atoms with Crippen molar-refractivity contribution in [3.05, 3.63) is 36.5 Å². The van der Waals surface area contributed by atoms with E-state index in [9.17, 15) is 5.11 Å². The van der Waals surface area contributed by atoms with Crippen LogP contribution in [0, 0.1) is 0 Å². The van der Waals surface area contributed by atoms with Gasteiger partial charge in [0.05, 0.1) is 30.9 Å². The summed E-state index contributed by atoms with van der Waals surface area (Å²) in [5.74, 6) is 0. The van der Waals surface area contributed by atoms with Gasteiger partial charge in [0.25, 0.3) is 0 Å². The highest BCUT2D eigenvalue weighted by atomic mass is 16.5. The summed E-state index contributed by atoms with van der Waals surface area (Å²) in [5, 5.41) is 14.1. The molecular formula is C13H14N2O2. The van der Waals surface area contributed by atoms with Crippen molar-refractivity contribution >= 4 is 16.6 Å². The van der Waals surface area contributed by atoms with Gasteiger partial charge < -0.3 is 15.2 Å². The molecule has 3 rings (SSSR count). The van der Waals surface area contributed by atoms with Crippen LogP contribution in [0.15, 0.2) is 36.5 Å². The average Bonchev–Trinajstić information content (AvgIpc) is 2.76. The number of nitrogens with one attached hydrogen (secondary N) is 1. The number of aliphatic hydroxyl groups is 1. The Labute approximate surface area is 99.2 Å². The first kappa shape index (κ1) is 10.5. The fraction of sp³-hybridized carbons (Fsp3) is 0.308. The molecule has 1 aromatic heterocycles. The first-order chi connectivity index (χ1) is 8.34. The van der Waals surface area contributed by atoms with E-state index in [0.29, 0.717) is 13.2 Å². The molecule has 2 heterocycles. The minimum absolute atomic E-state index is 0.0409. The number of rotatable bonds is 2. The number of hydrogen-bond acceptors (Lipinski definition) is 4. The number of anilines is 1. The summed E-state index contributed by atoms with van der Waals surface area (Å²) in [6.07, 6.45) is 1.33. The Kier molecular flexibility index (Phi) is 2.66. The second kappa shape index (κ2) is 4.31. The van der Waals surface area contributed by atoms with Gasteiger partial charge in [0.2, 0.25) is 0 Å². The van der Waals surface area contributed by atoms with E-state index < -0.39 is 6.10 Å². The molecular weight excluding hydrogens is 216 g/mol. The number of benzene rings is 1. The normalized spacial score (nSPS) is 24.1. The molecule has 1 aliphatic heterocycles. The zero-order valence-electron chi connectivity index (χ0n) is 9.34. The molecule has 17 heavy (non-hydrogen) atoms. The van der Waals surface area contributed by atoms with E-state index in [1.807, 2.05) is 30.3 Å². The van der Waals surface area contributed by atoms with Gasteiger partial charge in [-0.05, 0) is 24.3 Å². The molecule has 0 unspecified atom stereocenters. The lowest BCUT2D eigenvalue weighted by Gasteiger charge is -2.17. The van der Waals surface area contributed by atoms with Crippen LogP contribution < -0.4 is 5.32 Å². The van der Waals surface area contributed by atoms with Gasteiger partial charge in [0.15, 0.2) is 0 Å². The molecule has 0 amide bonds. The van der Waals surface area contributed by atoms with Crippen molar-refractivity contribution in [3.8, 4) is 0 Å². The lowest BCUT2D eigenvalue weighted by Crippen LogP contribution is -2.31. The summed E-state index contributed by atoms with van der Waals surface area (Å²) in [7, 11) is 0. The van der Waals surface area contributed by atoms with Crippen LogP contribution in [0.1, 0.15) is 0 Å². The zero-order valence-corrected chi connectivity index (χ0v) is 9.34. The van der Waals surface area contributed by atoms with Gasteiger partial charge in [0, 0.05) is 17.3 Å². The largest absolute Gasteiger partial charge is 0.388 e. The van der Waals surface area contributed by atoms with Gasteiger partial charge in [-0.3, -0.25) is 4.98 Å². The fourth-order valence-corrected chi connectivity index (χ4v) is 2.11. The highest BCUT2D eigenvalue weighted by Crippen LogP contribution is 2.23. The van der Waals surface area contributed by atoms with Crippen LogP contribution in [0.5, 0.6) is 0 Å². The third-order valence-electron chi connectivity index (χ3n) is 3.04. The minimum atomic E-state index is -0.443. The van der Waals surface area contributed by atoms with Crippen LogP contribution in [0.4, 0.5) is 5.69 Å². The summed E-state index contributed by atoms with van der Waals surface area (Å²) in [5.41, 5.74) is 1.94. The Bertz CT molecular complexity index is 524. The SMILES string of the molecule is O[C@H]1COC[C@@H]1Nc1cccc2ncccc12. The minimum Gasteiger partial charge on any atom is -0.388 e. The Morgan fingerprint density at radius 3 is 3.00 bits per heavy atom. The predicted octanol–water partition coefficient (Wildman–Crippen LogP) is 1.41. The Balaban J connectivity index is 1.94. The van der Waals surface area contributed by atoms with Crippen LogP contribution >= 0.6 is 0 Å². The molecule has 4 heteroatoms. The maximum atomic E-state index is 9.72. The molecule has 1 saturated heterocycles. The number of nitrogens with zero attached hydrogens (tertiary/aromatic N) is 1. The molecule has 0 radical (unpaired) electrons. The van der Waals surface area contributed by atoms with Gasteiger partial charge in [-0.2, -0.15) is 0 Å². The Morgan fingerprint density at radius 2 is 2.18 bits per heavy atom. The molecule has 2 N–H and O–H groups in total. The van der Waals surface area contributed by atoms with Crippen molar-refractivity contribution in [1.82, 2.24) is 4.98 Å². The summed E-state index contributed by atoms with van der Waals surface area (Å²) >= 11 is 0. The number of ether oxygens (including phenoxy) is 1. The van der Waals surface area contributed by atoms with Gasteiger partial charge in [0.1, 0.15) is 0 Å². The zero-order chi connectivity index (χ0) is 11.7. The van der Waals surface area contributed by atoms with Gasteiger partial charge in [-0.15, -0.1) is 0 Å². The van der Waals surface area contributed by atoms with E-state index in [0.717, 1.165) is 16.6 Å². The van der Waals surface area contributed by atoms with E-state index in [2.05, 4.69) is 10.3 Å². The second-order valence-electron chi connectivity index (χ2n) is 4.23. The molecule has 2 atom stereocenters. The maximum Gasteiger partial charge on any atom is 0.0996 e. The van der Waals surface area contributed by atoms with Gasteiger partial charge in [-0.1, -0.05) is 6.07 Å². The quantitative estimate of drug-likeness (QED) is 0.819. The van der Waals surface area contributed by atoms with E-state index >= 15 is 0 Å². The standard InChI is InChI=1S/C13H14N2O2/c16-13-8-17-7-12(13)15-11-5-1-4-10-9(11)3-2-6-14-10/h1-6,12-13,15-16H,7-8H2/t12-,13-/m0/s1. The average molecular weight is 230 g/mol. The van der Waals surface area contributed by atoms with E-state index in [1.165, 1.54) is 0 Å². The maximum absolute atomic E-state index is 9.72. The van der Waals surface area contributed by atoms with E-state index in [1.54, 1.807) is 6.20 Å². The number of aromatic nitrogens is 1. The van der Waals surface area contributed by atoms with Crippen molar-refractivity contribution in [1.29, 1.82) is 0 Å². The summed E-state index contributed by atoms with van der Waals surface area (Å²) in [4.78, 5) is 4.30. The highest BCUT2D eigenvalue weighted by Gasteiger charge is 2.26. The van der Waals surface area contributed by atoms with Gasteiger partial charge >= 0.3 is 0 Å². The van der Waals surface area contributed by atoms with Crippen LogP contribution in [-0.4, -0.2) is 35.5 Å². The highest BCUT2D eigenvalue weighted by molar-refractivity contribution is 5.91. The molecule has 1 fully saturated rings. The molecule has 0 aliphatic carbocycles. The van der Waals surface area contributed by atoms with Crippen LogP contribution in [0.3, 0.4) is 0 Å². The first-order valence-electron chi connectivity index (χ1n) is 5.71.